The van der Waals surface area contributed by atoms with Gasteiger partial charge in [0, 0.05) is 5.56 Å². The summed E-state index contributed by atoms with van der Waals surface area (Å²) in [5, 5.41) is 6.03. The molecule has 0 aliphatic carbocycles. The van der Waals surface area contributed by atoms with Gasteiger partial charge in [-0.3, -0.25) is 0 Å². The Balaban J connectivity index is 2.10. The Hall–Kier alpha value is -1.68. The fraction of sp³-hybridized carbons (Fsp3) is 0. The molecule has 0 atom stereocenters. The van der Waals surface area contributed by atoms with E-state index in [2.05, 4.69) is 5.10 Å². The lowest BCUT2D eigenvalue weighted by molar-refractivity contribution is 0.885. The fourth-order valence-electron chi connectivity index (χ4n) is 2.02. The number of para-hydroxylation sites is 1. The molecule has 0 unspecified atom stereocenters. The first-order valence-corrected chi connectivity index (χ1v) is 7.25. The van der Waals surface area contributed by atoms with E-state index < -0.39 is 0 Å². The van der Waals surface area contributed by atoms with Gasteiger partial charge in [-0.05, 0) is 24.3 Å². The number of nitrogens with zero attached hydrogens (tertiary/aromatic N) is 2. The van der Waals surface area contributed by atoms with Gasteiger partial charge in [-0.2, -0.15) is 5.10 Å². The van der Waals surface area contributed by atoms with Crippen LogP contribution in [0.5, 0.6) is 0 Å². The standard InChI is InChI=1S/C15H10Cl3N3/c16-10-6-5-9(7-12(10)18)15-13(19)8-21(20-15)14-4-2-1-3-11(14)17/h1-8H,19H2. The Bertz CT molecular complexity index is 812. The van der Waals surface area contributed by atoms with Crippen molar-refractivity contribution in [3.63, 3.8) is 0 Å². The van der Waals surface area contributed by atoms with Crippen LogP contribution in [-0.2, 0) is 0 Å². The zero-order valence-electron chi connectivity index (χ0n) is 10.7. The summed E-state index contributed by atoms with van der Waals surface area (Å²) in [6.07, 6.45) is 1.72. The van der Waals surface area contributed by atoms with Crippen LogP contribution in [0.1, 0.15) is 0 Å². The number of anilines is 1. The largest absolute Gasteiger partial charge is 0.396 e. The lowest BCUT2D eigenvalue weighted by Crippen LogP contribution is -1.95. The fourth-order valence-corrected chi connectivity index (χ4v) is 2.54. The first-order valence-electron chi connectivity index (χ1n) is 6.12. The van der Waals surface area contributed by atoms with Crippen molar-refractivity contribution in [2.24, 2.45) is 0 Å². The zero-order valence-corrected chi connectivity index (χ0v) is 13.0. The predicted octanol–water partition coefficient (Wildman–Crippen LogP) is 5.08. The van der Waals surface area contributed by atoms with Gasteiger partial charge in [-0.1, -0.05) is 53.0 Å². The molecule has 2 N–H and O–H groups in total. The van der Waals surface area contributed by atoms with E-state index in [4.69, 9.17) is 40.5 Å². The van der Waals surface area contributed by atoms with Crippen LogP contribution in [0, 0.1) is 0 Å². The Labute approximate surface area is 136 Å². The van der Waals surface area contributed by atoms with Crippen LogP contribution in [0.15, 0.2) is 48.7 Å². The lowest BCUT2D eigenvalue weighted by atomic mass is 10.1. The maximum atomic E-state index is 6.17. The molecular formula is C15H10Cl3N3. The van der Waals surface area contributed by atoms with E-state index in [-0.39, 0.29) is 0 Å². The minimum Gasteiger partial charge on any atom is -0.396 e. The van der Waals surface area contributed by atoms with Crippen molar-refractivity contribution in [3.8, 4) is 16.9 Å². The van der Waals surface area contributed by atoms with Crippen LogP contribution in [0.3, 0.4) is 0 Å². The average Bonchev–Trinajstić information content (AvgIpc) is 2.84. The first kappa shape index (κ1) is 14.3. The van der Waals surface area contributed by atoms with E-state index in [0.29, 0.717) is 26.4 Å². The number of aromatic nitrogens is 2. The highest BCUT2D eigenvalue weighted by Gasteiger charge is 2.12. The number of nitrogens with two attached hydrogens (primary N) is 1. The number of benzene rings is 2. The summed E-state index contributed by atoms with van der Waals surface area (Å²) < 4.78 is 1.65. The van der Waals surface area contributed by atoms with Crippen molar-refractivity contribution in [1.29, 1.82) is 0 Å². The molecule has 0 radical (unpaired) electrons. The third-order valence-corrected chi connectivity index (χ3v) is 4.09. The Morgan fingerprint density at radius 3 is 2.38 bits per heavy atom. The summed E-state index contributed by atoms with van der Waals surface area (Å²) in [6, 6.07) is 12.7. The molecule has 1 aromatic heterocycles. The molecule has 21 heavy (non-hydrogen) atoms. The molecule has 3 aromatic rings. The predicted molar refractivity (Wildman–Crippen MR) is 88.4 cm³/mol. The third-order valence-electron chi connectivity index (χ3n) is 3.03. The summed E-state index contributed by atoms with van der Waals surface area (Å²) >= 11 is 18.1. The molecule has 3 rings (SSSR count). The lowest BCUT2D eigenvalue weighted by Gasteiger charge is -2.03. The molecule has 0 aliphatic heterocycles. The molecule has 3 nitrogen and oxygen atoms in total. The average molecular weight is 339 g/mol. The van der Waals surface area contributed by atoms with Gasteiger partial charge in [0.2, 0.25) is 0 Å². The SMILES string of the molecule is Nc1cn(-c2ccccc2Cl)nc1-c1ccc(Cl)c(Cl)c1. The van der Waals surface area contributed by atoms with E-state index in [9.17, 15) is 0 Å². The van der Waals surface area contributed by atoms with Gasteiger partial charge < -0.3 is 5.73 Å². The highest BCUT2D eigenvalue weighted by Crippen LogP contribution is 2.31. The van der Waals surface area contributed by atoms with Crippen LogP contribution in [0.4, 0.5) is 5.69 Å². The monoisotopic (exact) mass is 337 g/mol. The number of hydrogen-bond donors (Lipinski definition) is 1. The number of halogens is 3. The maximum Gasteiger partial charge on any atom is 0.116 e. The van der Waals surface area contributed by atoms with Gasteiger partial charge in [0.05, 0.1) is 32.6 Å². The minimum atomic E-state index is 0.459. The quantitative estimate of drug-likeness (QED) is 0.708. The molecule has 6 heteroatoms. The second-order valence-corrected chi connectivity index (χ2v) is 5.68. The maximum absolute atomic E-state index is 6.17. The second-order valence-electron chi connectivity index (χ2n) is 4.46. The van der Waals surface area contributed by atoms with Crippen LogP contribution in [-0.4, -0.2) is 9.78 Å². The number of hydrogen-bond acceptors (Lipinski definition) is 2. The van der Waals surface area contributed by atoms with Crippen molar-refractivity contribution < 1.29 is 0 Å². The molecule has 0 saturated carbocycles. The molecule has 0 spiro atoms. The normalized spacial score (nSPS) is 10.8. The molecule has 0 aliphatic rings. The Morgan fingerprint density at radius 2 is 1.67 bits per heavy atom. The first-order chi connectivity index (χ1) is 10.1. The molecule has 2 aromatic carbocycles. The van der Waals surface area contributed by atoms with E-state index in [0.717, 1.165) is 11.3 Å². The van der Waals surface area contributed by atoms with Crippen molar-refractivity contribution in [2.45, 2.75) is 0 Å². The van der Waals surface area contributed by atoms with Crippen molar-refractivity contribution in [3.05, 3.63) is 63.7 Å². The van der Waals surface area contributed by atoms with E-state index >= 15 is 0 Å². The molecule has 0 bridgehead atoms. The van der Waals surface area contributed by atoms with Crippen LogP contribution in [0.2, 0.25) is 15.1 Å². The smallest absolute Gasteiger partial charge is 0.116 e. The molecular weight excluding hydrogens is 329 g/mol. The number of nitrogen functional groups attached to an aromatic ring is 1. The minimum absolute atomic E-state index is 0.459. The highest BCUT2D eigenvalue weighted by molar-refractivity contribution is 6.42. The van der Waals surface area contributed by atoms with E-state index in [1.807, 2.05) is 24.3 Å². The van der Waals surface area contributed by atoms with E-state index in [1.54, 1.807) is 29.1 Å². The van der Waals surface area contributed by atoms with Gasteiger partial charge in [-0.15, -0.1) is 0 Å². The summed E-state index contributed by atoms with van der Waals surface area (Å²) in [5.41, 5.74) is 8.77. The van der Waals surface area contributed by atoms with Crippen molar-refractivity contribution in [2.75, 3.05) is 5.73 Å². The Kier molecular flexibility index (Phi) is 3.81. The van der Waals surface area contributed by atoms with Gasteiger partial charge in [-0.25, -0.2) is 4.68 Å². The summed E-state index contributed by atoms with van der Waals surface area (Å²) in [4.78, 5) is 0. The second kappa shape index (κ2) is 5.60. The van der Waals surface area contributed by atoms with Gasteiger partial charge >= 0.3 is 0 Å². The number of rotatable bonds is 2. The summed E-state index contributed by atoms with van der Waals surface area (Å²) in [5.74, 6) is 0. The van der Waals surface area contributed by atoms with Crippen LogP contribution < -0.4 is 5.73 Å². The van der Waals surface area contributed by atoms with Gasteiger partial charge in [0.25, 0.3) is 0 Å². The molecule has 0 fully saturated rings. The summed E-state index contributed by atoms with van der Waals surface area (Å²) in [7, 11) is 0. The summed E-state index contributed by atoms with van der Waals surface area (Å²) in [6.45, 7) is 0. The van der Waals surface area contributed by atoms with Crippen LogP contribution in [0.25, 0.3) is 16.9 Å². The Morgan fingerprint density at radius 1 is 0.905 bits per heavy atom. The molecule has 0 saturated heterocycles. The van der Waals surface area contributed by atoms with Crippen LogP contribution >= 0.6 is 34.8 Å². The van der Waals surface area contributed by atoms with Gasteiger partial charge in [0.1, 0.15) is 5.69 Å². The molecule has 1 heterocycles. The van der Waals surface area contributed by atoms with Gasteiger partial charge in [0.15, 0.2) is 0 Å². The topological polar surface area (TPSA) is 43.8 Å². The molecule has 106 valence electrons. The zero-order chi connectivity index (χ0) is 15.0. The van der Waals surface area contributed by atoms with E-state index in [1.165, 1.54) is 0 Å². The third kappa shape index (κ3) is 2.72. The van der Waals surface area contributed by atoms with Crippen molar-refractivity contribution in [1.82, 2.24) is 9.78 Å². The highest BCUT2D eigenvalue weighted by atomic mass is 35.5. The molecule has 0 amide bonds. The van der Waals surface area contributed by atoms with Crippen molar-refractivity contribution >= 4 is 40.5 Å².